The molecule has 0 aromatic heterocycles. The maximum absolute atomic E-state index is 9.43. The minimum absolute atomic E-state index is 0.0347. The highest BCUT2D eigenvalue weighted by atomic mass is 35.5. The first-order chi connectivity index (χ1) is 9.11. The molecule has 0 aliphatic carbocycles. The van der Waals surface area contributed by atoms with Gasteiger partial charge in [0.2, 0.25) is 0 Å². The number of aliphatic hydroxyl groups is 1. The number of hydrogen-bond acceptors (Lipinski definition) is 3. The monoisotopic (exact) mass is 282 g/mol. The van der Waals surface area contributed by atoms with E-state index in [1.165, 1.54) is 6.42 Å². The first-order valence-electron chi connectivity index (χ1n) is 6.97. The van der Waals surface area contributed by atoms with Crippen LogP contribution in [-0.4, -0.2) is 35.7 Å². The second kappa shape index (κ2) is 6.71. The van der Waals surface area contributed by atoms with E-state index >= 15 is 0 Å². The molecule has 0 spiro atoms. The van der Waals surface area contributed by atoms with Gasteiger partial charge in [0.05, 0.1) is 6.61 Å². The van der Waals surface area contributed by atoms with E-state index in [0.717, 1.165) is 30.1 Å². The van der Waals surface area contributed by atoms with Crippen LogP contribution in [0.4, 0.5) is 0 Å². The molecular weight excluding hydrogens is 260 g/mol. The van der Waals surface area contributed by atoms with Crippen molar-refractivity contribution in [2.45, 2.75) is 31.8 Å². The van der Waals surface area contributed by atoms with Crippen molar-refractivity contribution in [1.82, 2.24) is 4.90 Å². The number of aliphatic hydroxyl groups excluding tert-OH is 1. The SMILES string of the molecule is CC1CCN(CCC(N)c2ccc(Cl)cc2)C1CO. The van der Waals surface area contributed by atoms with Crippen molar-refractivity contribution in [3.8, 4) is 0 Å². The Hall–Kier alpha value is -0.610. The van der Waals surface area contributed by atoms with E-state index in [0.29, 0.717) is 12.0 Å². The highest BCUT2D eigenvalue weighted by Crippen LogP contribution is 2.25. The number of hydrogen-bond donors (Lipinski definition) is 2. The van der Waals surface area contributed by atoms with Crippen LogP contribution in [0, 0.1) is 5.92 Å². The third kappa shape index (κ3) is 3.69. The lowest BCUT2D eigenvalue weighted by Gasteiger charge is -2.26. The molecular formula is C15H23ClN2O. The first-order valence-corrected chi connectivity index (χ1v) is 7.35. The third-order valence-corrected chi connectivity index (χ3v) is 4.46. The van der Waals surface area contributed by atoms with E-state index in [1.807, 2.05) is 24.3 Å². The van der Waals surface area contributed by atoms with Crippen LogP contribution in [0.15, 0.2) is 24.3 Å². The Morgan fingerprint density at radius 3 is 2.74 bits per heavy atom. The molecule has 3 unspecified atom stereocenters. The number of likely N-dealkylation sites (tertiary alicyclic amines) is 1. The summed E-state index contributed by atoms with van der Waals surface area (Å²) in [7, 11) is 0. The van der Waals surface area contributed by atoms with Gasteiger partial charge in [0.15, 0.2) is 0 Å². The second-order valence-corrected chi connectivity index (χ2v) is 5.94. The van der Waals surface area contributed by atoms with Crippen molar-refractivity contribution in [2.24, 2.45) is 11.7 Å². The molecule has 0 radical (unpaired) electrons. The molecule has 1 heterocycles. The molecule has 106 valence electrons. The molecule has 1 aromatic carbocycles. The van der Waals surface area contributed by atoms with E-state index in [-0.39, 0.29) is 12.6 Å². The molecule has 4 heteroatoms. The summed E-state index contributed by atoms with van der Waals surface area (Å²) < 4.78 is 0. The van der Waals surface area contributed by atoms with Gasteiger partial charge in [-0.2, -0.15) is 0 Å². The van der Waals surface area contributed by atoms with E-state index in [9.17, 15) is 5.11 Å². The highest BCUT2D eigenvalue weighted by molar-refractivity contribution is 6.30. The summed E-state index contributed by atoms with van der Waals surface area (Å²) in [5, 5.41) is 10.2. The van der Waals surface area contributed by atoms with Crippen molar-refractivity contribution in [3.63, 3.8) is 0 Å². The van der Waals surface area contributed by atoms with E-state index in [2.05, 4.69) is 11.8 Å². The van der Waals surface area contributed by atoms with Crippen LogP contribution in [0.1, 0.15) is 31.4 Å². The summed E-state index contributed by atoms with van der Waals surface area (Å²) in [4.78, 5) is 2.36. The summed E-state index contributed by atoms with van der Waals surface area (Å²) in [5.41, 5.74) is 7.33. The predicted molar refractivity (Wildman–Crippen MR) is 79.2 cm³/mol. The fourth-order valence-corrected chi connectivity index (χ4v) is 2.97. The Balaban J connectivity index is 1.86. The zero-order chi connectivity index (χ0) is 13.8. The Kier molecular flexibility index (Phi) is 5.22. The minimum Gasteiger partial charge on any atom is -0.395 e. The van der Waals surface area contributed by atoms with Crippen molar-refractivity contribution in [1.29, 1.82) is 0 Å². The average Bonchev–Trinajstić information content (AvgIpc) is 2.77. The van der Waals surface area contributed by atoms with Crippen LogP contribution in [0.25, 0.3) is 0 Å². The topological polar surface area (TPSA) is 49.5 Å². The summed E-state index contributed by atoms with van der Waals surface area (Å²) in [6, 6.07) is 8.08. The summed E-state index contributed by atoms with van der Waals surface area (Å²) in [6.07, 6.45) is 2.08. The van der Waals surface area contributed by atoms with Gasteiger partial charge >= 0.3 is 0 Å². The molecule has 1 saturated heterocycles. The Morgan fingerprint density at radius 1 is 1.42 bits per heavy atom. The number of nitrogens with two attached hydrogens (primary N) is 1. The van der Waals surface area contributed by atoms with Gasteiger partial charge in [-0.1, -0.05) is 30.7 Å². The molecule has 0 amide bonds. The number of halogens is 1. The number of benzene rings is 1. The smallest absolute Gasteiger partial charge is 0.0589 e. The lowest BCUT2D eigenvalue weighted by molar-refractivity contribution is 0.136. The Bertz CT molecular complexity index is 396. The van der Waals surface area contributed by atoms with Crippen LogP contribution >= 0.6 is 11.6 Å². The van der Waals surface area contributed by atoms with Crippen LogP contribution in [-0.2, 0) is 0 Å². The van der Waals surface area contributed by atoms with Gasteiger partial charge in [0.25, 0.3) is 0 Å². The van der Waals surface area contributed by atoms with Crippen molar-refractivity contribution >= 4 is 11.6 Å². The van der Waals surface area contributed by atoms with Gasteiger partial charge in [-0.3, -0.25) is 4.90 Å². The maximum Gasteiger partial charge on any atom is 0.0589 e. The van der Waals surface area contributed by atoms with Gasteiger partial charge in [0, 0.05) is 23.7 Å². The lowest BCUT2D eigenvalue weighted by Crippen LogP contribution is -2.36. The Labute approximate surface area is 120 Å². The molecule has 0 bridgehead atoms. The van der Waals surface area contributed by atoms with E-state index < -0.39 is 0 Å². The molecule has 3 nitrogen and oxygen atoms in total. The van der Waals surface area contributed by atoms with Gasteiger partial charge < -0.3 is 10.8 Å². The molecule has 3 atom stereocenters. The molecule has 1 aliphatic heterocycles. The predicted octanol–water partition coefficient (Wildman–Crippen LogP) is 2.43. The van der Waals surface area contributed by atoms with Gasteiger partial charge in [0.1, 0.15) is 0 Å². The van der Waals surface area contributed by atoms with Gasteiger partial charge in [-0.15, -0.1) is 0 Å². The normalized spacial score (nSPS) is 25.7. The van der Waals surface area contributed by atoms with Crippen LogP contribution < -0.4 is 5.73 Å². The average molecular weight is 283 g/mol. The van der Waals surface area contributed by atoms with Crippen molar-refractivity contribution < 1.29 is 5.11 Å². The zero-order valence-corrected chi connectivity index (χ0v) is 12.2. The summed E-state index contributed by atoms with van der Waals surface area (Å²) in [6.45, 7) is 4.47. The molecule has 3 N–H and O–H groups in total. The number of nitrogens with zero attached hydrogens (tertiary/aromatic N) is 1. The molecule has 1 aromatic rings. The maximum atomic E-state index is 9.43. The van der Waals surface area contributed by atoms with Crippen LogP contribution in [0.3, 0.4) is 0 Å². The summed E-state index contributed by atoms with van der Waals surface area (Å²) in [5.74, 6) is 0.580. The Morgan fingerprint density at radius 2 is 2.11 bits per heavy atom. The molecule has 0 saturated carbocycles. The molecule has 1 fully saturated rings. The first kappa shape index (κ1) is 14.8. The van der Waals surface area contributed by atoms with E-state index in [1.54, 1.807) is 0 Å². The standard InChI is InChI=1S/C15H23ClN2O/c1-11-6-8-18(15(11)10-19)9-7-14(17)12-2-4-13(16)5-3-12/h2-5,11,14-15,19H,6-10,17H2,1H3. The van der Waals surface area contributed by atoms with E-state index in [4.69, 9.17) is 17.3 Å². The largest absolute Gasteiger partial charge is 0.395 e. The fraction of sp³-hybridized carbons (Fsp3) is 0.600. The van der Waals surface area contributed by atoms with Gasteiger partial charge in [-0.05, 0) is 43.0 Å². The lowest BCUT2D eigenvalue weighted by atomic mass is 10.0. The van der Waals surface area contributed by atoms with Gasteiger partial charge in [-0.25, -0.2) is 0 Å². The molecule has 1 aliphatic rings. The molecule has 2 rings (SSSR count). The summed E-state index contributed by atoms with van der Waals surface area (Å²) >= 11 is 5.87. The molecule has 19 heavy (non-hydrogen) atoms. The van der Waals surface area contributed by atoms with Crippen LogP contribution in [0.5, 0.6) is 0 Å². The number of rotatable bonds is 5. The second-order valence-electron chi connectivity index (χ2n) is 5.50. The van der Waals surface area contributed by atoms with Crippen molar-refractivity contribution in [3.05, 3.63) is 34.9 Å². The fourth-order valence-electron chi connectivity index (χ4n) is 2.84. The van der Waals surface area contributed by atoms with Crippen LogP contribution in [0.2, 0.25) is 5.02 Å². The third-order valence-electron chi connectivity index (χ3n) is 4.21. The van der Waals surface area contributed by atoms with Crippen molar-refractivity contribution in [2.75, 3.05) is 19.7 Å². The quantitative estimate of drug-likeness (QED) is 0.872. The zero-order valence-electron chi connectivity index (χ0n) is 11.4. The highest BCUT2D eigenvalue weighted by Gasteiger charge is 2.30. The minimum atomic E-state index is 0.0347.